The topological polar surface area (TPSA) is 64.3 Å². The quantitative estimate of drug-likeness (QED) is 0.826. The minimum absolute atomic E-state index is 0.00745. The molecule has 0 aromatic heterocycles. The van der Waals surface area contributed by atoms with Crippen molar-refractivity contribution in [2.75, 3.05) is 6.61 Å². The molecular formula is C14H19FN2O2. The van der Waals surface area contributed by atoms with Gasteiger partial charge in [-0.05, 0) is 38.0 Å². The minimum atomic E-state index is -0.342. The van der Waals surface area contributed by atoms with Gasteiger partial charge in [-0.3, -0.25) is 4.79 Å². The van der Waals surface area contributed by atoms with E-state index in [0.717, 1.165) is 12.8 Å². The van der Waals surface area contributed by atoms with Crippen molar-refractivity contribution < 1.29 is 13.9 Å². The largest absolute Gasteiger partial charge is 0.493 e. The summed E-state index contributed by atoms with van der Waals surface area (Å²) < 4.78 is 18.7. The third kappa shape index (κ3) is 4.21. The molecule has 19 heavy (non-hydrogen) atoms. The van der Waals surface area contributed by atoms with E-state index >= 15 is 0 Å². The number of nitrogens with one attached hydrogen (secondary N) is 1. The molecule has 0 aliphatic heterocycles. The Bertz CT molecular complexity index is 459. The van der Waals surface area contributed by atoms with Crippen LogP contribution in [0.1, 0.15) is 37.8 Å². The first kappa shape index (κ1) is 13.8. The summed E-state index contributed by atoms with van der Waals surface area (Å²) >= 11 is 0. The van der Waals surface area contributed by atoms with Crippen molar-refractivity contribution in [3.63, 3.8) is 0 Å². The Kier molecular flexibility index (Phi) is 4.37. The van der Waals surface area contributed by atoms with Crippen LogP contribution in [-0.4, -0.2) is 18.6 Å². The number of carbonyl (C=O) groups is 1. The average Bonchev–Trinajstić information content (AvgIpc) is 3.14. The Morgan fingerprint density at radius 3 is 2.95 bits per heavy atom. The van der Waals surface area contributed by atoms with E-state index in [9.17, 15) is 9.18 Å². The van der Waals surface area contributed by atoms with Gasteiger partial charge in [0.05, 0.1) is 13.0 Å². The van der Waals surface area contributed by atoms with Gasteiger partial charge in [-0.2, -0.15) is 0 Å². The minimum Gasteiger partial charge on any atom is -0.493 e. The maximum Gasteiger partial charge on any atom is 0.223 e. The smallest absolute Gasteiger partial charge is 0.223 e. The van der Waals surface area contributed by atoms with Crippen LogP contribution in [0.4, 0.5) is 4.39 Å². The molecule has 0 bridgehead atoms. The van der Waals surface area contributed by atoms with E-state index in [0.29, 0.717) is 23.8 Å². The lowest BCUT2D eigenvalue weighted by Gasteiger charge is -2.14. The normalized spacial score (nSPS) is 15.9. The van der Waals surface area contributed by atoms with Gasteiger partial charge in [-0.15, -0.1) is 0 Å². The number of nitrogens with two attached hydrogens (primary N) is 1. The molecule has 0 radical (unpaired) electrons. The molecule has 0 saturated heterocycles. The van der Waals surface area contributed by atoms with Gasteiger partial charge in [0.2, 0.25) is 5.91 Å². The Labute approximate surface area is 112 Å². The first-order valence-corrected chi connectivity index (χ1v) is 6.53. The van der Waals surface area contributed by atoms with Crippen molar-refractivity contribution in [2.24, 2.45) is 5.73 Å². The number of ether oxygens (including phenoxy) is 1. The third-order valence-corrected chi connectivity index (χ3v) is 2.99. The van der Waals surface area contributed by atoms with Crippen molar-refractivity contribution in [3.8, 4) is 5.75 Å². The molecule has 1 aromatic rings. The van der Waals surface area contributed by atoms with Crippen LogP contribution in [0.3, 0.4) is 0 Å². The summed E-state index contributed by atoms with van der Waals surface area (Å²) in [6.07, 6.45) is 2.44. The number of amides is 1. The average molecular weight is 266 g/mol. The molecule has 1 aliphatic carbocycles. The summed E-state index contributed by atoms with van der Waals surface area (Å²) in [7, 11) is 0. The fourth-order valence-electron chi connectivity index (χ4n) is 1.79. The zero-order valence-electron chi connectivity index (χ0n) is 11.0. The number of rotatable bonds is 6. The highest BCUT2D eigenvalue weighted by Crippen LogP contribution is 2.25. The molecule has 2 rings (SSSR count). The van der Waals surface area contributed by atoms with Crippen molar-refractivity contribution in [1.29, 1.82) is 0 Å². The first-order valence-electron chi connectivity index (χ1n) is 6.53. The van der Waals surface area contributed by atoms with Gasteiger partial charge in [0.25, 0.3) is 0 Å². The third-order valence-electron chi connectivity index (χ3n) is 2.99. The van der Waals surface area contributed by atoms with Gasteiger partial charge in [0.15, 0.2) is 0 Å². The van der Waals surface area contributed by atoms with E-state index in [-0.39, 0.29) is 24.4 Å². The highest BCUT2D eigenvalue weighted by molar-refractivity contribution is 5.76. The fraction of sp³-hybridized carbons (Fsp3) is 0.500. The summed E-state index contributed by atoms with van der Waals surface area (Å²) in [5.74, 6) is 0.189. The highest BCUT2D eigenvalue weighted by atomic mass is 19.1. The van der Waals surface area contributed by atoms with Crippen LogP contribution in [-0.2, 0) is 4.79 Å². The van der Waals surface area contributed by atoms with E-state index < -0.39 is 0 Å². The lowest BCUT2D eigenvalue weighted by atomic mass is 10.1. The lowest BCUT2D eigenvalue weighted by Crippen LogP contribution is -2.26. The van der Waals surface area contributed by atoms with E-state index in [1.54, 1.807) is 13.0 Å². The molecule has 3 N–H and O–H groups in total. The molecule has 4 nitrogen and oxygen atoms in total. The predicted octanol–water partition coefficient (Wildman–Crippen LogP) is 1.89. The summed E-state index contributed by atoms with van der Waals surface area (Å²) in [5.41, 5.74) is 6.38. The monoisotopic (exact) mass is 266 g/mol. The van der Waals surface area contributed by atoms with Crippen LogP contribution in [0.15, 0.2) is 18.2 Å². The maximum absolute atomic E-state index is 13.1. The van der Waals surface area contributed by atoms with Crippen LogP contribution in [0.2, 0.25) is 0 Å². The molecule has 104 valence electrons. The SMILES string of the molecule is C[C@@H](N)c1cc(F)ccc1OCCC(=O)NC1CC1. The van der Waals surface area contributed by atoms with E-state index in [1.165, 1.54) is 12.1 Å². The number of hydrogen-bond donors (Lipinski definition) is 2. The Morgan fingerprint density at radius 1 is 1.58 bits per heavy atom. The number of hydrogen-bond acceptors (Lipinski definition) is 3. The predicted molar refractivity (Wildman–Crippen MR) is 70.3 cm³/mol. The van der Waals surface area contributed by atoms with Crippen molar-refractivity contribution >= 4 is 5.91 Å². The van der Waals surface area contributed by atoms with Gasteiger partial charge < -0.3 is 15.8 Å². The zero-order chi connectivity index (χ0) is 13.8. The lowest BCUT2D eigenvalue weighted by molar-refractivity contribution is -0.121. The standard InChI is InChI=1S/C14H19FN2O2/c1-9(16)12-8-10(15)2-5-13(12)19-7-6-14(18)17-11-3-4-11/h2,5,8-9,11H,3-4,6-7,16H2,1H3,(H,17,18)/t9-/m1/s1. The Morgan fingerprint density at radius 2 is 2.32 bits per heavy atom. The van der Waals surface area contributed by atoms with Gasteiger partial charge in [-0.1, -0.05) is 0 Å². The fourth-order valence-corrected chi connectivity index (χ4v) is 1.79. The molecule has 1 amide bonds. The van der Waals surface area contributed by atoms with E-state index in [4.69, 9.17) is 10.5 Å². The van der Waals surface area contributed by atoms with Crippen LogP contribution in [0, 0.1) is 5.82 Å². The van der Waals surface area contributed by atoms with Gasteiger partial charge in [-0.25, -0.2) is 4.39 Å². The number of halogens is 1. The molecule has 1 saturated carbocycles. The Balaban J connectivity index is 1.86. The summed E-state index contributed by atoms with van der Waals surface area (Å²) in [5, 5.41) is 2.88. The molecule has 1 aliphatic rings. The Hall–Kier alpha value is -1.62. The number of benzene rings is 1. The second kappa shape index (κ2) is 6.02. The van der Waals surface area contributed by atoms with Crippen LogP contribution in [0.25, 0.3) is 0 Å². The van der Waals surface area contributed by atoms with Gasteiger partial charge >= 0.3 is 0 Å². The first-order chi connectivity index (χ1) is 9.06. The molecule has 0 heterocycles. The molecular weight excluding hydrogens is 247 g/mol. The summed E-state index contributed by atoms with van der Waals surface area (Å²) in [6.45, 7) is 2.03. The van der Waals surface area contributed by atoms with Crippen LogP contribution >= 0.6 is 0 Å². The van der Waals surface area contributed by atoms with Gasteiger partial charge in [0.1, 0.15) is 11.6 Å². The second-order valence-corrected chi connectivity index (χ2v) is 4.91. The summed E-state index contributed by atoms with van der Waals surface area (Å²) in [6, 6.07) is 4.28. The van der Waals surface area contributed by atoms with Crippen LogP contribution in [0.5, 0.6) is 5.75 Å². The van der Waals surface area contributed by atoms with Crippen molar-refractivity contribution in [1.82, 2.24) is 5.32 Å². The molecule has 0 spiro atoms. The van der Waals surface area contributed by atoms with Crippen molar-refractivity contribution in [3.05, 3.63) is 29.6 Å². The van der Waals surface area contributed by atoms with E-state index in [2.05, 4.69) is 5.32 Å². The molecule has 0 unspecified atom stereocenters. The van der Waals surface area contributed by atoms with Crippen molar-refractivity contribution in [2.45, 2.75) is 38.3 Å². The molecule has 5 heteroatoms. The molecule has 1 aromatic carbocycles. The molecule has 1 fully saturated rings. The summed E-state index contributed by atoms with van der Waals surface area (Å²) in [4.78, 5) is 11.5. The number of carbonyl (C=O) groups excluding carboxylic acids is 1. The second-order valence-electron chi connectivity index (χ2n) is 4.91. The zero-order valence-corrected chi connectivity index (χ0v) is 11.0. The van der Waals surface area contributed by atoms with Gasteiger partial charge in [0, 0.05) is 17.6 Å². The van der Waals surface area contributed by atoms with E-state index in [1.807, 2.05) is 0 Å². The maximum atomic E-state index is 13.1. The molecule has 1 atom stereocenters. The van der Waals surface area contributed by atoms with Crippen LogP contribution < -0.4 is 15.8 Å². The highest BCUT2D eigenvalue weighted by Gasteiger charge is 2.22.